The number of nitrogens with zero attached hydrogens (tertiary/aromatic N) is 2. The third-order valence-electron chi connectivity index (χ3n) is 4.53. The van der Waals surface area contributed by atoms with Crippen LogP contribution in [0.4, 0.5) is 4.39 Å². The van der Waals surface area contributed by atoms with Crippen molar-refractivity contribution >= 4 is 17.2 Å². The monoisotopic (exact) mass is 358 g/mol. The van der Waals surface area contributed by atoms with Gasteiger partial charge in [-0.05, 0) is 48.5 Å². The maximum atomic E-state index is 12.9. The first kappa shape index (κ1) is 17.8. The van der Waals surface area contributed by atoms with Crippen LogP contribution in [-0.2, 0) is 6.61 Å². The molecule has 0 aliphatic carbocycles. The Morgan fingerprint density at radius 2 is 1.64 bits per heavy atom. The van der Waals surface area contributed by atoms with Gasteiger partial charge in [0, 0.05) is 31.7 Å². The highest BCUT2D eigenvalue weighted by atomic mass is 32.1. The van der Waals surface area contributed by atoms with Crippen LogP contribution in [0, 0.1) is 5.82 Å². The van der Waals surface area contributed by atoms with Gasteiger partial charge in [0.25, 0.3) is 0 Å². The van der Waals surface area contributed by atoms with E-state index in [0.717, 1.165) is 54.6 Å². The number of ether oxygens (including phenoxy) is 1. The molecule has 3 nitrogen and oxygen atoms in total. The SMILES string of the molecule is CCN1CCN(C(=S)c2ccc(OCc3ccc(F)cc3)cc2)CC1. The van der Waals surface area contributed by atoms with Crippen molar-refractivity contribution in [3.05, 3.63) is 65.5 Å². The van der Waals surface area contributed by atoms with Crippen molar-refractivity contribution in [1.29, 1.82) is 0 Å². The molecular weight excluding hydrogens is 335 g/mol. The summed E-state index contributed by atoms with van der Waals surface area (Å²) in [7, 11) is 0. The van der Waals surface area contributed by atoms with Crippen LogP contribution in [0.5, 0.6) is 5.75 Å². The summed E-state index contributed by atoms with van der Waals surface area (Å²) in [5.74, 6) is 0.549. The van der Waals surface area contributed by atoms with Crippen molar-refractivity contribution in [2.45, 2.75) is 13.5 Å². The molecule has 0 saturated carbocycles. The molecule has 5 heteroatoms. The largest absolute Gasteiger partial charge is 0.489 e. The molecule has 0 unspecified atom stereocenters. The highest BCUT2D eigenvalue weighted by Gasteiger charge is 2.18. The molecule has 1 saturated heterocycles. The summed E-state index contributed by atoms with van der Waals surface area (Å²) in [5, 5.41) is 0. The number of hydrogen-bond acceptors (Lipinski definition) is 3. The molecule has 1 heterocycles. The van der Waals surface area contributed by atoms with Gasteiger partial charge in [-0.1, -0.05) is 31.3 Å². The molecule has 2 aromatic carbocycles. The smallest absolute Gasteiger partial charge is 0.123 e. The quantitative estimate of drug-likeness (QED) is 0.757. The number of piperazine rings is 1. The van der Waals surface area contributed by atoms with Gasteiger partial charge in [-0.2, -0.15) is 0 Å². The van der Waals surface area contributed by atoms with E-state index in [2.05, 4.69) is 16.7 Å². The Morgan fingerprint density at radius 1 is 1.00 bits per heavy atom. The molecule has 0 atom stereocenters. The van der Waals surface area contributed by atoms with E-state index in [4.69, 9.17) is 17.0 Å². The predicted molar refractivity (Wildman–Crippen MR) is 103 cm³/mol. The van der Waals surface area contributed by atoms with Crippen LogP contribution in [0.3, 0.4) is 0 Å². The van der Waals surface area contributed by atoms with Crippen molar-refractivity contribution in [2.24, 2.45) is 0 Å². The first-order valence-corrected chi connectivity index (χ1v) is 9.05. The predicted octanol–water partition coefficient (Wildman–Crippen LogP) is 3.72. The van der Waals surface area contributed by atoms with E-state index in [9.17, 15) is 4.39 Å². The third-order valence-corrected chi connectivity index (χ3v) is 5.02. The molecule has 132 valence electrons. The molecule has 1 fully saturated rings. The number of benzene rings is 2. The van der Waals surface area contributed by atoms with Gasteiger partial charge in [0.05, 0.1) is 0 Å². The zero-order chi connectivity index (χ0) is 17.6. The second-order valence-corrected chi connectivity index (χ2v) is 6.55. The topological polar surface area (TPSA) is 15.7 Å². The van der Waals surface area contributed by atoms with Crippen LogP contribution in [0.25, 0.3) is 0 Å². The van der Waals surface area contributed by atoms with Gasteiger partial charge in [-0.3, -0.25) is 0 Å². The lowest BCUT2D eigenvalue weighted by molar-refractivity contribution is 0.192. The molecule has 0 aromatic heterocycles. The molecule has 0 N–H and O–H groups in total. The lowest BCUT2D eigenvalue weighted by atomic mass is 10.2. The molecule has 25 heavy (non-hydrogen) atoms. The Balaban J connectivity index is 1.54. The number of rotatable bonds is 5. The Hall–Kier alpha value is -1.98. The van der Waals surface area contributed by atoms with Crippen LogP contribution in [0.2, 0.25) is 0 Å². The first-order chi connectivity index (χ1) is 12.2. The fraction of sp³-hybridized carbons (Fsp3) is 0.350. The Morgan fingerprint density at radius 3 is 2.24 bits per heavy atom. The summed E-state index contributed by atoms with van der Waals surface area (Å²) < 4.78 is 18.7. The fourth-order valence-corrected chi connectivity index (χ4v) is 3.21. The third kappa shape index (κ3) is 4.77. The van der Waals surface area contributed by atoms with Gasteiger partial charge in [0.1, 0.15) is 23.2 Å². The minimum Gasteiger partial charge on any atom is -0.489 e. The molecule has 3 rings (SSSR count). The lowest BCUT2D eigenvalue weighted by Gasteiger charge is -2.35. The van der Waals surface area contributed by atoms with Crippen molar-refractivity contribution in [3.63, 3.8) is 0 Å². The minimum atomic E-state index is -0.235. The van der Waals surface area contributed by atoms with Gasteiger partial charge in [0.15, 0.2) is 0 Å². The van der Waals surface area contributed by atoms with E-state index < -0.39 is 0 Å². The molecule has 0 radical (unpaired) electrons. The molecule has 0 spiro atoms. The van der Waals surface area contributed by atoms with Gasteiger partial charge < -0.3 is 14.5 Å². The zero-order valence-electron chi connectivity index (χ0n) is 14.5. The summed E-state index contributed by atoms with van der Waals surface area (Å²) >= 11 is 5.64. The van der Waals surface area contributed by atoms with Crippen molar-refractivity contribution in [2.75, 3.05) is 32.7 Å². The van der Waals surface area contributed by atoms with Crippen molar-refractivity contribution in [3.8, 4) is 5.75 Å². The maximum absolute atomic E-state index is 12.9. The first-order valence-electron chi connectivity index (χ1n) is 8.64. The van der Waals surface area contributed by atoms with Gasteiger partial charge in [-0.15, -0.1) is 0 Å². The molecule has 0 bridgehead atoms. The average Bonchev–Trinajstić information content (AvgIpc) is 2.67. The summed E-state index contributed by atoms with van der Waals surface area (Å²) in [4.78, 5) is 5.61. The van der Waals surface area contributed by atoms with Crippen LogP contribution >= 0.6 is 12.2 Å². The highest BCUT2D eigenvalue weighted by molar-refractivity contribution is 7.80. The minimum absolute atomic E-state index is 0.235. The van der Waals surface area contributed by atoms with Crippen LogP contribution in [0.15, 0.2) is 48.5 Å². The summed E-state index contributed by atoms with van der Waals surface area (Å²) in [6.07, 6.45) is 0. The van der Waals surface area contributed by atoms with Crippen molar-refractivity contribution in [1.82, 2.24) is 9.80 Å². The van der Waals surface area contributed by atoms with Crippen LogP contribution in [-0.4, -0.2) is 47.5 Å². The normalized spacial score (nSPS) is 15.2. The molecular formula is C20H23FN2OS. The van der Waals surface area contributed by atoms with E-state index in [-0.39, 0.29) is 5.82 Å². The fourth-order valence-electron chi connectivity index (χ4n) is 2.89. The maximum Gasteiger partial charge on any atom is 0.123 e. The molecule has 1 aliphatic rings. The van der Waals surface area contributed by atoms with Crippen LogP contribution in [0.1, 0.15) is 18.1 Å². The number of thiocarbonyl (C=S) groups is 1. The standard InChI is InChI=1S/C20H23FN2OS/c1-2-22-11-13-23(14-12-22)20(25)17-5-9-19(10-6-17)24-15-16-3-7-18(21)8-4-16/h3-10H,2,11-15H2,1H3. The second kappa shape index (κ2) is 8.41. The Labute approximate surface area is 154 Å². The van der Waals surface area contributed by atoms with E-state index >= 15 is 0 Å². The summed E-state index contributed by atoms with van der Waals surface area (Å²) in [6.45, 7) is 7.80. The van der Waals surface area contributed by atoms with Crippen molar-refractivity contribution < 1.29 is 9.13 Å². The zero-order valence-corrected chi connectivity index (χ0v) is 15.3. The number of halogens is 1. The van der Waals surface area contributed by atoms with Crippen LogP contribution < -0.4 is 4.74 Å². The van der Waals surface area contributed by atoms with E-state index in [1.165, 1.54) is 12.1 Å². The Kier molecular flexibility index (Phi) is 6.00. The Bertz CT molecular complexity index is 695. The molecule has 2 aromatic rings. The molecule has 0 amide bonds. The summed E-state index contributed by atoms with van der Waals surface area (Å²) in [5.41, 5.74) is 1.99. The average molecular weight is 358 g/mol. The van der Waals surface area contributed by atoms with Gasteiger partial charge in [-0.25, -0.2) is 4.39 Å². The summed E-state index contributed by atoms with van der Waals surface area (Å²) in [6, 6.07) is 14.2. The van der Waals surface area contributed by atoms with Gasteiger partial charge in [0.2, 0.25) is 0 Å². The molecule has 1 aliphatic heterocycles. The number of hydrogen-bond donors (Lipinski definition) is 0. The number of likely N-dealkylation sites (N-methyl/N-ethyl adjacent to an activating group) is 1. The second-order valence-electron chi connectivity index (χ2n) is 6.17. The van der Waals surface area contributed by atoms with Gasteiger partial charge >= 0.3 is 0 Å². The van der Waals surface area contributed by atoms with E-state index in [1.807, 2.05) is 24.3 Å². The lowest BCUT2D eigenvalue weighted by Crippen LogP contribution is -2.48. The van der Waals surface area contributed by atoms with E-state index in [0.29, 0.717) is 6.61 Å². The highest BCUT2D eigenvalue weighted by Crippen LogP contribution is 2.17. The van der Waals surface area contributed by atoms with E-state index in [1.54, 1.807) is 12.1 Å².